The molecule has 6 nitrogen and oxygen atoms in total. The summed E-state index contributed by atoms with van der Waals surface area (Å²) in [5, 5.41) is 11.3. The number of nitrogens with one attached hydrogen (secondary N) is 1. The number of hydrogen-bond donors (Lipinski definition) is 1. The van der Waals surface area contributed by atoms with Crippen LogP contribution in [0.3, 0.4) is 0 Å². The fourth-order valence-electron chi connectivity index (χ4n) is 2.45. The third-order valence-electron chi connectivity index (χ3n) is 3.55. The first kappa shape index (κ1) is 13.9. The first-order chi connectivity index (χ1) is 10.1. The van der Waals surface area contributed by atoms with Gasteiger partial charge in [-0.3, -0.25) is 0 Å². The van der Waals surface area contributed by atoms with Crippen molar-refractivity contribution in [1.82, 2.24) is 25.1 Å². The maximum absolute atomic E-state index is 13.5. The highest BCUT2D eigenvalue weighted by Crippen LogP contribution is 2.22. The van der Waals surface area contributed by atoms with Crippen molar-refractivity contribution in [2.75, 3.05) is 11.4 Å². The normalized spacial score (nSPS) is 14.6. The van der Waals surface area contributed by atoms with Crippen molar-refractivity contribution in [2.24, 2.45) is 0 Å². The number of fused-ring (bicyclic) bond motifs is 1. The van der Waals surface area contributed by atoms with Crippen LogP contribution in [0.5, 0.6) is 0 Å². The van der Waals surface area contributed by atoms with Crippen LogP contribution in [0.4, 0.5) is 10.2 Å². The highest BCUT2D eigenvalue weighted by Gasteiger charge is 2.21. The van der Waals surface area contributed by atoms with E-state index in [2.05, 4.69) is 39.2 Å². The maximum Gasteiger partial charge on any atom is 0.152 e. The number of pyridine rings is 1. The zero-order valence-corrected chi connectivity index (χ0v) is 12.3. The Morgan fingerprint density at radius 3 is 3.05 bits per heavy atom. The molecule has 21 heavy (non-hydrogen) atoms. The van der Waals surface area contributed by atoms with Gasteiger partial charge in [0.05, 0.1) is 12.7 Å². The monoisotopic (exact) mass is 290 g/mol. The molecule has 0 unspecified atom stereocenters. The summed E-state index contributed by atoms with van der Waals surface area (Å²) in [6.07, 6.45) is 3.01. The molecule has 0 aliphatic carbocycles. The summed E-state index contributed by atoms with van der Waals surface area (Å²) in [5.41, 5.74) is 0.872. The Hall–Kier alpha value is -2.02. The summed E-state index contributed by atoms with van der Waals surface area (Å²) < 4.78 is 15.5. The topological polar surface area (TPSA) is 58.9 Å². The molecule has 0 aromatic carbocycles. The number of halogens is 1. The second-order valence-electron chi connectivity index (χ2n) is 5.53. The SMILES string of the molecule is CC(C)NCc1cc(F)cnc1N1CCn2cnnc2C1. The molecule has 0 saturated heterocycles. The van der Waals surface area contributed by atoms with E-state index in [1.807, 2.05) is 4.57 Å². The molecule has 0 fully saturated rings. The first-order valence-electron chi connectivity index (χ1n) is 7.13. The van der Waals surface area contributed by atoms with E-state index in [9.17, 15) is 4.39 Å². The summed E-state index contributed by atoms with van der Waals surface area (Å²) in [6.45, 7) is 7.01. The van der Waals surface area contributed by atoms with E-state index in [4.69, 9.17) is 0 Å². The van der Waals surface area contributed by atoms with Gasteiger partial charge in [0.1, 0.15) is 18.0 Å². The lowest BCUT2D eigenvalue weighted by molar-refractivity contribution is 0.544. The Labute approximate surface area is 123 Å². The molecule has 0 spiro atoms. The quantitative estimate of drug-likeness (QED) is 0.920. The van der Waals surface area contributed by atoms with Crippen LogP contribution in [0.1, 0.15) is 25.2 Å². The van der Waals surface area contributed by atoms with Gasteiger partial charge in [-0.1, -0.05) is 13.8 Å². The van der Waals surface area contributed by atoms with E-state index in [-0.39, 0.29) is 5.82 Å². The van der Waals surface area contributed by atoms with Gasteiger partial charge in [0, 0.05) is 31.2 Å². The van der Waals surface area contributed by atoms with Crippen LogP contribution >= 0.6 is 0 Å². The van der Waals surface area contributed by atoms with Crippen molar-refractivity contribution >= 4 is 5.82 Å². The molecule has 0 amide bonds. The van der Waals surface area contributed by atoms with Crippen molar-refractivity contribution in [3.63, 3.8) is 0 Å². The van der Waals surface area contributed by atoms with Crippen molar-refractivity contribution in [1.29, 1.82) is 0 Å². The third kappa shape index (κ3) is 3.02. The van der Waals surface area contributed by atoms with E-state index in [0.717, 1.165) is 30.3 Å². The second-order valence-corrected chi connectivity index (χ2v) is 5.53. The third-order valence-corrected chi connectivity index (χ3v) is 3.55. The van der Waals surface area contributed by atoms with Crippen LogP contribution in [0.15, 0.2) is 18.6 Å². The lowest BCUT2D eigenvalue weighted by atomic mass is 10.2. The Balaban J connectivity index is 1.84. The molecule has 0 bridgehead atoms. The van der Waals surface area contributed by atoms with Crippen molar-refractivity contribution < 1.29 is 4.39 Å². The number of aromatic nitrogens is 4. The fraction of sp³-hybridized carbons (Fsp3) is 0.500. The van der Waals surface area contributed by atoms with Crippen LogP contribution in [0, 0.1) is 5.82 Å². The molecule has 1 N–H and O–H groups in total. The highest BCUT2D eigenvalue weighted by molar-refractivity contribution is 5.47. The Morgan fingerprint density at radius 2 is 2.24 bits per heavy atom. The molecule has 3 heterocycles. The molecule has 3 rings (SSSR count). The second kappa shape index (κ2) is 5.77. The average Bonchev–Trinajstić information content (AvgIpc) is 2.92. The molecule has 0 saturated carbocycles. The number of hydrogen-bond acceptors (Lipinski definition) is 5. The zero-order chi connectivity index (χ0) is 14.8. The van der Waals surface area contributed by atoms with Gasteiger partial charge in [0.15, 0.2) is 5.82 Å². The lowest BCUT2D eigenvalue weighted by Gasteiger charge is -2.29. The molecule has 2 aromatic heterocycles. The van der Waals surface area contributed by atoms with E-state index < -0.39 is 0 Å². The summed E-state index contributed by atoms with van der Waals surface area (Å²) >= 11 is 0. The van der Waals surface area contributed by atoms with E-state index >= 15 is 0 Å². The Kier molecular flexibility index (Phi) is 3.83. The molecule has 2 aromatic rings. The molecular weight excluding hydrogens is 271 g/mol. The zero-order valence-electron chi connectivity index (χ0n) is 12.3. The van der Waals surface area contributed by atoms with Crippen LogP contribution in [0.25, 0.3) is 0 Å². The largest absolute Gasteiger partial charge is 0.347 e. The Bertz CT molecular complexity index is 624. The van der Waals surface area contributed by atoms with Gasteiger partial charge in [0.2, 0.25) is 0 Å². The molecule has 1 aliphatic rings. The molecule has 0 atom stereocenters. The van der Waals surface area contributed by atoms with Crippen LogP contribution < -0.4 is 10.2 Å². The summed E-state index contributed by atoms with van der Waals surface area (Å²) in [5.74, 6) is 1.42. The minimum Gasteiger partial charge on any atom is -0.347 e. The molecule has 0 radical (unpaired) electrons. The van der Waals surface area contributed by atoms with Crippen molar-refractivity contribution in [3.05, 3.63) is 35.8 Å². The van der Waals surface area contributed by atoms with Gasteiger partial charge in [-0.25, -0.2) is 9.37 Å². The number of rotatable bonds is 4. The highest BCUT2D eigenvalue weighted by atomic mass is 19.1. The smallest absolute Gasteiger partial charge is 0.152 e. The van der Waals surface area contributed by atoms with Gasteiger partial charge in [-0.15, -0.1) is 10.2 Å². The van der Waals surface area contributed by atoms with Gasteiger partial charge >= 0.3 is 0 Å². The average molecular weight is 290 g/mol. The molecule has 112 valence electrons. The van der Waals surface area contributed by atoms with Crippen LogP contribution in [-0.4, -0.2) is 32.3 Å². The molecular formula is C14H19FN6. The maximum atomic E-state index is 13.5. The lowest BCUT2D eigenvalue weighted by Crippen LogP contribution is -2.35. The van der Waals surface area contributed by atoms with Gasteiger partial charge in [-0.05, 0) is 6.07 Å². The van der Waals surface area contributed by atoms with Gasteiger partial charge < -0.3 is 14.8 Å². The summed E-state index contributed by atoms with van der Waals surface area (Å²) in [6, 6.07) is 1.89. The van der Waals surface area contributed by atoms with Crippen LogP contribution in [0.2, 0.25) is 0 Å². The van der Waals surface area contributed by atoms with Crippen molar-refractivity contribution in [2.45, 2.75) is 39.5 Å². The number of anilines is 1. The standard InChI is InChI=1S/C14H19FN6/c1-10(2)16-6-11-5-12(15)7-17-14(11)20-3-4-21-9-18-19-13(21)8-20/h5,7,9-10,16H,3-4,6,8H2,1-2H3. The molecule has 7 heteroatoms. The number of nitrogens with zero attached hydrogens (tertiary/aromatic N) is 5. The first-order valence-corrected chi connectivity index (χ1v) is 7.13. The summed E-state index contributed by atoms with van der Waals surface area (Å²) in [4.78, 5) is 6.42. The predicted octanol–water partition coefficient (Wildman–Crippen LogP) is 1.33. The van der Waals surface area contributed by atoms with Gasteiger partial charge in [-0.2, -0.15) is 0 Å². The van der Waals surface area contributed by atoms with E-state index in [0.29, 0.717) is 19.1 Å². The minimum absolute atomic E-state index is 0.306. The summed E-state index contributed by atoms with van der Waals surface area (Å²) in [7, 11) is 0. The predicted molar refractivity (Wildman–Crippen MR) is 77.2 cm³/mol. The minimum atomic E-state index is -0.306. The fourth-order valence-corrected chi connectivity index (χ4v) is 2.45. The van der Waals surface area contributed by atoms with E-state index in [1.165, 1.54) is 6.20 Å². The van der Waals surface area contributed by atoms with Crippen molar-refractivity contribution in [3.8, 4) is 0 Å². The van der Waals surface area contributed by atoms with Gasteiger partial charge in [0.25, 0.3) is 0 Å². The Morgan fingerprint density at radius 1 is 1.38 bits per heavy atom. The van der Waals surface area contributed by atoms with Crippen LogP contribution in [-0.2, 0) is 19.6 Å². The molecule has 1 aliphatic heterocycles. The van der Waals surface area contributed by atoms with E-state index in [1.54, 1.807) is 12.4 Å².